The number of benzene rings is 1. The average molecular weight is 377 g/mol. The van der Waals surface area contributed by atoms with Gasteiger partial charge in [-0.25, -0.2) is 0 Å². The molecule has 1 atom stereocenters. The number of amides is 1. The molecule has 1 aromatic rings. The zero-order chi connectivity index (χ0) is 13.1. The molecule has 18 heavy (non-hydrogen) atoms. The molecule has 98 valence electrons. The van der Waals surface area contributed by atoms with Crippen LogP contribution in [-0.2, 0) is 0 Å². The largest absolute Gasteiger partial charge is 0.496 e. The molecule has 1 heterocycles. The van der Waals surface area contributed by atoms with Crippen molar-refractivity contribution in [3.8, 4) is 5.75 Å². The molecule has 0 bridgehead atoms. The maximum absolute atomic E-state index is 12.3. The van der Waals surface area contributed by atoms with Crippen LogP contribution in [-0.4, -0.2) is 36.3 Å². The summed E-state index contributed by atoms with van der Waals surface area (Å²) in [5.41, 5.74) is 0.706. The summed E-state index contributed by atoms with van der Waals surface area (Å²) in [7, 11) is 1.61. The number of hydrogen-bond donors (Lipinski definition) is 0. The van der Waals surface area contributed by atoms with Gasteiger partial charge in [0.25, 0.3) is 5.91 Å². The van der Waals surface area contributed by atoms with E-state index >= 15 is 0 Å². The van der Waals surface area contributed by atoms with Gasteiger partial charge >= 0.3 is 0 Å². The van der Waals surface area contributed by atoms with Crippen molar-refractivity contribution in [1.29, 1.82) is 0 Å². The van der Waals surface area contributed by atoms with Crippen LogP contribution in [0.1, 0.15) is 16.8 Å². The predicted octanol–water partition coefficient (Wildman–Crippen LogP) is 3.31. The molecule has 1 amide bonds. The van der Waals surface area contributed by atoms with E-state index in [2.05, 4.69) is 31.9 Å². The van der Waals surface area contributed by atoms with Crippen LogP contribution in [0.15, 0.2) is 22.7 Å². The fourth-order valence-electron chi connectivity index (χ4n) is 2.13. The lowest BCUT2D eigenvalue weighted by atomic mass is 10.1. The van der Waals surface area contributed by atoms with Gasteiger partial charge in [0.05, 0.1) is 11.6 Å². The van der Waals surface area contributed by atoms with E-state index in [1.807, 2.05) is 23.1 Å². The van der Waals surface area contributed by atoms with Crippen LogP contribution in [0.5, 0.6) is 5.75 Å². The van der Waals surface area contributed by atoms with E-state index in [-0.39, 0.29) is 5.91 Å². The van der Waals surface area contributed by atoms with Gasteiger partial charge in [-0.05, 0) is 46.5 Å². The summed E-state index contributed by atoms with van der Waals surface area (Å²) >= 11 is 6.88. The Kier molecular flexibility index (Phi) is 4.67. The summed E-state index contributed by atoms with van der Waals surface area (Å²) in [4.78, 5) is 14.2. The molecular weight excluding hydrogens is 362 g/mol. The molecule has 1 unspecified atom stereocenters. The van der Waals surface area contributed by atoms with Gasteiger partial charge in [-0.1, -0.05) is 15.9 Å². The highest BCUT2D eigenvalue weighted by molar-refractivity contribution is 9.10. The van der Waals surface area contributed by atoms with Crippen molar-refractivity contribution < 1.29 is 9.53 Å². The Morgan fingerprint density at radius 2 is 2.33 bits per heavy atom. The second kappa shape index (κ2) is 6.06. The summed E-state index contributed by atoms with van der Waals surface area (Å²) in [6, 6.07) is 5.45. The van der Waals surface area contributed by atoms with Crippen LogP contribution in [0.25, 0.3) is 0 Å². The van der Waals surface area contributed by atoms with E-state index in [1.54, 1.807) is 7.11 Å². The van der Waals surface area contributed by atoms with Gasteiger partial charge in [0, 0.05) is 24.0 Å². The molecule has 0 spiro atoms. The first-order valence-electron chi connectivity index (χ1n) is 5.84. The van der Waals surface area contributed by atoms with Crippen molar-refractivity contribution in [3.05, 3.63) is 28.2 Å². The van der Waals surface area contributed by atoms with Gasteiger partial charge in [-0.15, -0.1) is 0 Å². The summed E-state index contributed by atoms with van der Waals surface area (Å²) in [5.74, 6) is 1.42. The lowest BCUT2D eigenvalue weighted by Gasteiger charge is -2.16. The number of halogens is 2. The number of hydrogen-bond acceptors (Lipinski definition) is 2. The molecule has 0 aromatic heterocycles. The Labute approximate surface area is 124 Å². The number of carbonyl (C=O) groups excluding carboxylic acids is 1. The quantitative estimate of drug-likeness (QED) is 0.757. The topological polar surface area (TPSA) is 29.5 Å². The van der Waals surface area contributed by atoms with Gasteiger partial charge in [-0.3, -0.25) is 4.79 Å². The summed E-state index contributed by atoms with van der Waals surface area (Å²) in [6.45, 7) is 1.69. The fraction of sp³-hybridized carbons (Fsp3) is 0.462. The maximum atomic E-state index is 12.3. The Morgan fingerprint density at radius 3 is 2.89 bits per heavy atom. The van der Waals surface area contributed by atoms with Crippen molar-refractivity contribution in [2.45, 2.75) is 6.42 Å². The first-order chi connectivity index (χ1) is 8.65. The minimum atomic E-state index is 0.0989. The van der Waals surface area contributed by atoms with E-state index in [4.69, 9.17) is 4.74 Å². The zero-order valence-corrected chi connectivity index (χ0v) is 13.3. The third-order valence-corrected chi connectivity index (χ3v) is 4.73. The van der Waals surface area contributed by atoms with Gasteiger partial charge < -0.3 is 9.64 Å². The third-order valence-electron chi connectivity index (χ3n) is 3.19. The van der Waals surface area contributed by atoms with Crippen LogP contribution in [0.3, 0.4) is 0 Å². The molecule has 3 nitrogen and oxygen atoms in total. The standard InChI is InChI=1S/C13H15Br2NO2/c1-18-12-3-2-10(6-11(12)15)13(17)16-5-4-9(7-14)8-16/h2-3,6,9H,4-5,7-8H2,1H3. The number of methoxy groups -OCH3 is 1. The van der Waals surface area contributed by atoms with Crippen molar-refractivity contribution in [3.63, 3.8) is 0 Å². The maximum Gasteiger partial charge on any atom is 0.253 e. The zero-order valence-electron chi connectivity index (χ0n) is 10.2. The van der Waals surface area contributed by atoms with Crippen molar-refractivity contribution in [2.24, 2.45) is 5.92 Å². The van der Waals surface area contributed by atoms with Gasteiger partial charge in [-0.2, -0.15) is 0 Å². The molecule has 1 fully saturated rings. The van der Waals surface area contributed by atoms with Crippen molar-refractivity contribution in [1.82, 2.24) is 4.90 Å². The molecule has 2 rings (SSSR count). The number of rotatable bonds is 3. The third kappa shape index (κ3) is 2.88. The van der Waals surface area contributed by atoms with E-state index in [0.717, 1.165) is 35.1 Å². The van der Waals surface area contributed by atoms with E-state index in [9.17, 15) is 4.79 Å². The lowest BCUT2D eigenvalue weighted by Crippen LogP contribution is -2.28. The number of likely N-dealkylation sites (tertiary alicyclic amines) is 1. The minimum absolute atomic E-state index is 0.0989. The Hall–Kier alpha value is -0.550. The number of carbonyl (C=O) groups is 1. The van der Waals surface area contributed by atoms with Crippen LogP contribution in [0, 0.1) is 5.92 Å². The predicted molar refractivity (Wildman–Crippen MR) is 78.5 cm³/mol. The van der Waals surface area contributed by atoms with Gasteiger partial charge in [0.15, 0.2) is 0 Å². The Bertz CT molecular complexity index is 451. The number of ether oxygens (including phenoxy) is 1. The summed E-state index contributed by atoms with van der Waals surface area (Å²) in [6.07, 6.45) is 1.08. The SMILES string of the molecule is COc1ccc(C(=O)N2CCC(CBr)C2)cc1Br. The molecule has 0 aliphatic carbocycles. The molecule has 1 aliphatic rings. The Morgan fingerprint density at radius 1 is 1.56 bits per heavy atom. The summed E-state index contributed by atoms with van der Waals surface area (Å²) in [5, 5.41) is 0.961. The highest BCUT2D eigenvalue weighted by Gasteiger charge is 2.26. The minimum Gasteiger partial charge on any atom is -0.496 e. The van der Waals surface area contributed by atoms with Crippen molar-refractivity contribution >= 4 is 37.8 Å². The lowest BCUT2D eigenvalue weighted by molar-refractivity contribution is 0.0788. The number of nitrogens with zero attached hydrogens (tertiary/aromatic N) is 1. The molecule has 0 radical (unpaired) electrons. The van der Waals surface area contributed by atoms with Crippen LogP contribution < -0.4 is 4.74 Å². The first-order valence-corrected chi connectivity index (χ1v) is 7.76. The van der Waals surface area contributed by atoms with E-state index in [1.165, 1.54) is 0 Å². The fourth-order valence-corrected chi connectivity index (χ4v) is 3.19. The average Bonchev–Trinajstić information content (AvgIpc) is 2.86. The number of alkyl halides is 1. The van der Waals surface area contributed by atoms with E-state index in [0.29, 0.717) is 11.5 Å². The summed E-state index contributed by atoms with van der Waals surface area (Å²) < 4.78 is 5.97. The smallest absolute Gasteiger partial charge is 0.253 e. The normalized spacial score (nSPS) is 19.1. The van der Waals surface area contributed by atoms with Crippen LogP contribution in [0.2, 0.25) is 0 Å². The second-order valence-corrected chi connectivity index (χ2v) is 5.91. The molecular formula is C13H15Br2NO2. The molecule has 1 aliphatic heterocycles. The highest BCUT2D eigenvalue weighted by Crippen LogP contribution is 2.27. The molecule has 1 saturated heterocycles. The molecule has 1 aromatic carbocycles. The molecule has 5 heteroatoms. The van der Waals surface area contributed by atoms with Gasteiger partial charge in [0.2, 0.25) is 0 Å². The van der Waals surface area contributed by atoms with Crippen molar-refractivity contribution in [2.75, 3.05) is 25.5 Å². The second-order valence-electron chi connectivity index (χ2n) is 4.41. The monoisotopic (exact) mass is 375 g/mol. The van der Waals surface area contributed by atoms with Gasteiger partial charge in [0.1, 0.15) is 5.75 Å². The Balaban J connectivity index is 2.12. The van der Waals surface area contributed by atoms with Crippen LogP contribution >= 0.6 is 31.9 Å². The first kappa shape index (κ1) is 13.9. The van der Waals surface area contributed by atoms with Crippen LogP contribution in [0.4, 0.5) is 0 Å². The molecule has 0 N–H and O–H groups in total. The molecule has 0 saturated carbocycles. The van der Waals surface area contributed by atoms with E-state index < -0.39 is 0 Å². The highest BCUT2D eigenvalue weighted by atomic mass is 79.9.